The SMILES string of the molecule is Nc1cc(C(F)(F)F)ccc1C(O)c1ccco1. The van der Waals surface area contributed by atoms with Crippen molar-refractivity contribution in [1.29, 1.82) is 0 Å². The summed E-state index contributed by atoms with van der Waals surface area (Å²) in [7, 11) is 0. The van der Waals surface area contributed by atoms with E-state index in [1.165, 1.54) is 12.3 Å². The van der Waals surface area contributed by atoms with Gasteiger partial charge in [-0.05, 0) is 24.3 Å². The van der Waals surface area contributed by atoms with Gasteiger partial charge in [-0.2, -0.15) is 13.2 Å². The molecule has 0 radical (unpaired) electrons. The van der Waals surface area contributed by atoms with Crippen molar-refractivity contribution in [3.8, 4) is 0 Å². The van der Waals surface area contributed by atoms with Crippen LogP contribution in [0.3, 0.4) is 0 Å². The Balaban J connectivity index is 2.36. The highest BCUT2D eigenvalue weighted by Crippen LogP contribution is 2.34. The second-order valence-electron chi connectivity index (χ2n) is 3.76. The average molecular weight is 257 g/mol. The summed E-state index contributed by atoms with van der Waals surface area (Å²) >= 11 is 0. The molecule has 1 unspecified atom stereocenters. The van der Waals surface area contributed by atoms with Crippen molar-refractivity contribution in [1.82, 2.24) is 0 Å². The Labute approximate surface area is 101 Å². The fraction of sp³-hybridized carbons (Fsp3) is 0.167. The van der Waals surface area contributed by atoms with Crippen LogP contribution in [0.25, 0.3) is 0 Å². The number of hydrogen-bond donors (Lipinski definition) is 2. The first-order valence-corrected chi connectivity index (χ1v) is 5.07. The highest BCUT2D eigenvalue weighted by Gasteiger charge is 2.31. The molecule has 1 atom stereocenters. The molecule has 3 N–H and O–H groups in total. The van der Waals surface area contributed by atoms with Gasteiger partial charge in [-0.1, -0.05) is 6.07 Å². The molecule has 2 rings (SSSR count). The molecule has 3 nitrogen and oxygen atoms in total. The van der Waals surface area contributed by atoms with Crippen molar-refractivity contribution in [2.45, 2.75) is 12.3 Å². The van der Waals surface area contributed by atoms with Crippen LogP contribution in [0, 0.1) is 0 Å². The predicted molar refractivity (Wildman–Crippen MR) is 58.6 cm³/mol. The molecule has 2 aromatic rings. The minimum absolute atomic E-state index is 0.131. The number of aliphatic hydroxyl groups excluding tert-OH is 1. The van der Waals surface area contributed by atoms with Crippen LogP contribution in [0.1, 0.15) is 23.0 Å². The van der Waals surface area contributed by atoms with Crippen molar-refractivity contribution in [3.63, 3.8) is 0 Å². The summed E-state index contributed by atoms with van der Waals surface area (Å²) in [6, 6.07) is 5.89. The standard InChI is InChI=1S/C12H10F3NO2/c13-12(14,15)7-3-4-8(9(16)6-7)11(17)10-2-1-5-18-10/h1-6,11,17H,16H2. The van der Waals surface area contributed by atoms with Crippen LogP contribution in [-0.2, 0) is 6.18 Å². The third-order valence-electron chi connectivity index (χ3n) is 2.52. The molecule has 1 heterocycles. The molecule has 0 aliphatic carbocycles. The smallest absolute Gasteiger partial charge is 0.416 e. The number of alkyl halides is 3. The Bertz CT molecular complexity index is 535. The van der Waals surface area contributed by atoms with Gasteiger partial charge < -0.3 is 15.3 Å². The monoisotopic (exact) mass is 257 g/mol. The minimum Gasteiger partial charge on any atom is -0.466 e. The molecule has 0 saturated carbocycles. The van der Waals surface area contributed by atoms with Crippen molar-refractivity contribution in [2.75, 3.05) is 5.73 Å². The first-order valence-electron chi connectivity index (χ1n) is 5.07. The second kappa shape index (κ2) is 4.38. The summed E-state index contributed by atoms with van der Waals surface area (Å²) in [5.41, 5.74) is 4.72. The molecular weight excluding hydrogens is 247 g/mol. The summed E-state index contributed by atoms with van der Waals surface area (Å²) in [5, 5.41) is 9.90. The van der Waals surface area contributed by atoms with Crippen LogP contribution in [-0.4, -0.2) is 5.11 Å². The fourth-order valence-electron chi connectivity index (χ4n) is 1.60. The number of anilines is 1. The first kappa shape index (κ1) is 12.5. The van der Waals surface area contributed by atoms with E-state index in [0.29, 0.717) is 0 Å². The van der Waals surface area contributed by atoms with Gasteiger partial charge in [0.1, 0.15) is 11.9 Å². The van der Waals surface area contributed by atoms with E-state index in [2.05, 4.69) is 0 Å². The van der Waals surface area contributed by atoms with Gasteiger partial charge in [0, 0.05) is 11.3 Å². The molecule has 6 heteroatoms. The lowest BCUT2D eigenvalue weighted by Gasteiger charge is -2.14. The van der Waals surface area contributed by atoms with Crippen LogP contribution in [0.15, 0.2) is 41.0 Å². The van der Waals surface area contributed by atoms with Crippen molar-refractivity contribution < 1.29 is 22.7 Å². The number of hydrogen-bond acceptors (Lipinski definition) is 3. The molecule has 0 amide bonds. The van der Waals surface area contributed by atoms with Crippen LogP contribution in [0.5, 0.6) is 0 Å². The van der Waals surface area contributed by atoms with E-state index in [1.54, 1.807) is 6.07 Å². The minimum atomic E-state index is -4.46. The number of halogens is 3. The van der Waals surface area contributed by atoms with Gasteiger partial charge in [0.15, 0.2) is 0 Å². The normalized spacial score (nSPS) is 13.6. The highest BCUT2D eigenvalue weighted by molar-refractivity contribution is 5.52. The van der Waals surface area contributed by atoms with Gasteiger partial charge in [-0.3, -0.25) is 0 Å². The van der Waals surface area contributed by atoms with E-state index in [-0.39, 0.29) is 17.0 Å². The van der Waals surface area contributed by atoms with Crippen LogP contribution < -0.4 is 5.73 Å². The molecule has 0 spiro atoms. The number of nitrogen functional groups attached to an aromatic ring is 1. The average Bonchev–Trinajstić information content (AvgIpc) is 2.80. The molecule has 0 aliphatic rings. The molecule has 0 aliphatic heterocycles. The second-order valence-corrected chi connectivity index (χ2v) is 3.76. The van der Waals surface area contributed by atoms with Gasteiger partial charge >= 0.3 is 6.18 Å². The number of benzene rings is 1. The molecule has 1 aromatic heterocycles. The topological polar surface area (TPSA) is 59.4 Å². The summed E-state index contributed by atoms with van der Waals surface area (Å²) in [6.07, 6.45) is -4.27. The molecule has 18 heavy (non-hydrogen) atoms. The van der Waals surface area contributed by atoms with Gasteiger partial charge in [0.2, 0.25) is 0 Å². The van der Waals surface area contributed by atoms with Crippen LogP contribution in [0.2, 0.25) is 0 Å². The summed E-state index contributed by atoms with van der Waals surface area (Å²) in [5.74, 6) is 0.224. The third kappa shape index (κ3) is 2.33. The van der Waals surface area contributed by atoms with E-state index in [0.717, 1.165) is 18.2 Å². The lowest BCUT2D eigenvalue weighted by molar-refractivity contribution is -0.137. The Morgan fingerprint density at radius 3 is 2.44 bits per heavy atom. The van der Waals surface area contributed by atoms with Crippen LogP contribution >= 0.6 is 0 Å². The van der Waals surface area contributed by atoms with E-state index in [4.69, 9.17) is 10.2 Å². The first-order chi connectivity index (χ1) is 8.39. The number of furan rings is 1. The zero-order valence-electron chi connectivity index (χ0n) is 9.11. The van der Waals surface area contributed by atoms with Gasteiger partial charge in [-0.25, -0.2) is 0 Å². The van der Waals surface area contributed by atoms with Crippen molar-refractivity contribution >= 4 is 5.69 Å². The number of aliphatic hydroxyl groups is 1. The van der Waals surface area contributed by atoms with E-state index in [1.807, 2.05) is 0 Å². The molecule has 1 aromatic carbocycles. The Hall–Kier alpha value is -1.95. The zero-order chi connectivity index (χ0) is 13.3. The summed E-state index contributed by atoms with van der Waals surface area (Å²) in [6.45, 7) is 0. The maximum Gasteiger partial charge on any atom is 0.416 e. The van der Waals surface area contributed by atoms with E-state index in [9.17, 15) is 18.3 Å². The summed E-state index contributed by atoms with van der Waals surface area (Å²) in [4.78, 5) is 0. The quantitative estimate of drug-likeness (QED) is 0.813. The largest absolute Gasteiger partial charge is 0.466 e. The van der Waals surface area contributed by atoms with E-state index < -0.39 is 17.8 Å². The maximum absolute atomic E-state index is 12.4. The number of nitrogens with two attached hydrogens (primary N) is 1. The molecule has 0 bridgehead atoms. The fourth-order valence-corrected chi connectivity index (χ4v) is 1.60. The zero-order valence-corrected chi connectivity index (χ0v) is 9.11. The lowest BCUT2D eigenvalue weighted by atomic mass is 10.0. The summed E-state index contributed by atoms with van der Waals surface area (Å²) < 4.78 is 42.3. The van der Waals surface area contributed by atoms with Crippen molar-refractivity contribution in [2.24, 2.45) is 0 Å². The maximum atomic E-state index is 12.4. The van der Waals surface area contributed by atoms with Crippen molar-refractivity contribution in [3.05, 3.63) is 53.5 Å². The molecule has 96 valence electrons. The highest BCUT2D eigenvalue weighted by atomic mass is 19.4. The van der Waals surface area contributed by atoms with Gasteiger partial charge in [0.05, 0.1) is 11.8 Å². The van der Waals surface area contributed by atoms with Gasteiger partial charge in [-0.15, -0.1) is 0 Å². The van der Waals surface area contributed by atoms with Gasteiger partial charge in [0.25, 0.3) is 0 Å². The lowest BCUT2D eigenvalue weighted by Crippen LogP contribution is -2.08. The Morgan fingerprint density at radius 1 is 1.22 bits per heavy atom. The Kier molecular flexibility index (Phi) is 3.04. The predicted octanol–water partition coefficient (Wildman–Crippen LogP) is 2.96. The molecule has 0 saturated heterocycles. The van der Waals surface area contributed by atoms with E-state index >= 15 is 0 Å². The Morgan fingerprint density at radius 2 is 1.94 bits per heavy atom. The number of rotatable bonds is 2. The molecule has 0 fully saturated rings. The van der Waals surface area contributed by atoms with Crippen LogP contribution in [0.4, 0.5) is 18.9 Å². The third-order valence-corrected chi connectivity index (χ3v) is 2.52. The molecular formula is C12H10F3NO2.